The Hall–Kier alpha value is -1.89. The average Bonchev–Trinajstić information content (AvgIpc) is 2.98. The zero-order valence-corrected chi connectivity index (χ0v) is 10.7. The first-order chi connectivity index (χ1) is 9.08. The summed E-state index contributed by atoms with van der Waals surface area (Å²) in [6, 6.07) is 0. The Morgan fingerprint density at radius 1 is 1.53 bits per heavy atom. The SMILES string of the molecule is Cn1ccnc1CCNC(=O)[C@@H]1CC[C@H](C(=O)O)O1. The lowest BCUT2D eigenvalue weighted by atomic mass is 10.2. The molecule has 0 spiro atoms. The number of hydrogen-bond donors (Lipinski definition) is 2. The number of aromatic nitrogens is 2. The summed E-state index contributed by atoms with van der Waals surface area (Å²) in [5.74, 6) is -0.377. The summed E-state index contributed by atoms with van der Waals surface area (Å²) in [5, 5.41) is 11.5. The number of carbonyl (C=O) groups is 2. The van der Waals surface area contributed by atoms with Gasteiger partial charge in [0.25, 0.3) is 0 Å². The molecule has 1 saturated heterocycles. The average molecular weight is 267 g/mol. The molecule has 2 rings (SSSR count). The highest BCUT2D eigenvalue weighted by Crippen LogP contribution is 2.19. The van der Waals surface area contributed by atoms with Gasteiger partial charge < -0.3 is 19.7 Å². The summed E-state index contributed by atoms with van der Waals surface area (Å²) in [4.78, 5) is 26.6. The van der Waals surface area contributed by atoms with Gasteiger partial charge in [-0.1, -0.05) is 0 Å². The quantitative estimate of drug-likeness (QED) is 0.764. The van der Waals surface area contributed by atoms with E-state index in [1.807, 2.05) is 17.8 Å². The van der Waals surface area contributed by atoms with Gasteiger partial charge in [-0.15, -0.1) is 0 Å². The Kier molecular flexibility index (Phi) is 4.16. The van der Waals surface area contributed by atoms with Gasteiger partial charge in [-0.2, -0.15) is 0 Å². The van der Waals surface area contributed by atoms with E-state index in [2.05, 4.69) is 10.3 Å². The van der Waals surface area contributed by atoms with Gasteiger partial charge in [-0.05, 0) is 12.8 Å². The van der Waals surface area contributed by atoms with Crippen LogP contribution in [0.5, 0.6) is 0 Å². The van der Waals surface area contributed by atoms with Gasteiger partial charge in [0, 0.05) is 32.4 Å². The molecule has 1 aliphatic heterocycles. The molecular weight excluding hydrogens is 250 g/mol. The highest BCUT2D eigenvalue weighted by Gasteiger charge is 2.34. The van der Waals surface area contributed by atoms with Crippen LogP contribution in [0.25, 0.3) is 0 Å². The lowest BCUT2D eigenvalue weighted by molar-refractivity contribution is -0.151. The van der Waals surface area contributed by atoms with Crippen molar-refractivity contribution in [2.24, 2.45) is 7.05 Å². The Morgan fingerprint density at radius 2 is 2.26 bits per heavy atom. The van der Waals surface area contributed by atoms with Gasteiger partial charge in [-0.3, -0.25) is 4.79 Å². The molecular formula is C12H17N3O4. The number of hydrogen-bond acceptors (Lipinski definition) is 4. The molecule has 0 saturated carbocycles. The number of carboxylic acid groups (broad SMARTS) is 1. The molecule has 1 aliphatic rings. The van der Waals surface area contributed by atoms with E-state index in [1.165, 1.54) is 0 Å². The van der Waals surface area contributed by atoms with E-state index in [4.69, 9.17) is 9.84 Å². The van der Waals surface area contributed by atoms with E-state index in [0.29, 0.717) is 25.8 Å². The van der Waals surface area contributed by atoms with Crippen molar-refractivity contribution in [3.8, 4) is 0 Å². The molecule has 0 radical (unpaired) electrons. The Morgan fingerprint density at radius 3 is 2.84 bits per heavy atom. The van der Waals surface area contributed by atoms with Crippen molar-refractivity contribution < 1.29 is 19.4 Å². The summed E-state index contributed by atoms with van der Waals surface area (Å²) in [6.07, 6.45) is 3.50. The maximum atomic E-state index is 11.8. The van der Waals surface area contributed by atoms with E-state index < -0.39 is 18.2 Å². The molecule has 104 valence electrons. The van der Waals surface area contributed by atoms with E-state index >= 15 is 0 Å². The molecule has 7 nitrogen and oxygen atoms in total. The van der Waals surface area contributed by atoms with Gasteiger partial charge in [0.15, 0.2) is 6.10 Å². The van der Waals surface area contributed by atoms with Crippen LogP contribution in [0.15, 0.2) is 12.4 Å². The fourth-order valence-corrected chi connectivity index (χ4v) is 2.06. The van der Waals surface area contributed by atoms with Crippen molar-refractivity contribution in [2.75, 3.05) is 6.54 Å². The zero-order chi connectivity index (χ0) is 13.8. The minimum atomic E-state index is -1.01. The molecule has 2 N–H and O–H groups in total. The fraction of sp³-hybridized carbons (Fsp3) is 0.583. The number of ether oxygens (including phenoxy) is 1. The number of amides is 1. The number of carboxylic acids is 1. The standard InChI is InChI=1S/C12H17N3O4/c1-15-7-6-13-10(15)4-5-14-11(16)8-2-3-9(19-8)12(17)18/h6-9H,2-5H2,1H3,(H,14,16)(H,17,18)/t8-,9+/m0/s1. The van der Waals surface area contributed by atoms with Crippen LogP contribution in [0, 0.1) is 0 Å². The summed E-state index contributed by atoms with van der Waals surface area (Å²) < 4.78 is 7.05. The molecule has 1 aromatic heterocycles. The van der Waals surface area contributed by atoms with E-state index in [0.717, 1.165) is 5.82 Å². The van der Waals surface area contributed by atoms with Crippen LogP contribution in [-0.4, -0.2) is 45.3 Å². The van der Waals surface area contributed by atoms with Gasteiger partial charge in [0.2, 0.25) is 5.91 Å². The van der Waals surface area contributed by atoms with Crippen LogP contribution in [0.2, 0.25) is 0 Å². The lowest BCUT2D eigenvalue weighted by Gasteiger charge is -2.11. The maximum absolute atomic E-state index is 11.8. The Bertz CT molecular complexity index is 471. The molecule has 0 unspecified atom stereocenters. The minimum Gasteiger partial charge on any atom is -0.479 e. The Labute approximate surface area is 110 Å². The smallest absolute Gasteiger partial charge is 0.332 e. The number of rotatable bonds is 5. The summed E-state index contributed by atoms with van der Waals surface area (Å²) in [6.45, 7) is 0.460. The largest absolute Gasteiger partial charge is 0.479 e. The summed E-state index contributed by atoms with van der Waals surface area (Å²) >= 11 is 0. The van der Waals surface area contributed by atoms with E-state index in [9.17, 15) is 9.59 Å². The van der Waals surface area contributed by atoms with Gasteiger partial charge in [0.1, 0.15) is 11.9 Å². The van der Waals surface area contributed by atoms with Gasteiger partial charge >= 0.3 is 5.97 Å². The van der Waals surface area contributed by atoms with Crippen molar-refractivity contribution in [1.82, 2.24) is 14.9 Å². The number of aliphatic carboxylic acids is 1. The van der Waals surface area contributed by atoms with Crippen LogP contribution in [0.1, 0.15) is 18.7 Å². The third-order valence-corrected chi connectivity index (χ3v) is 3.16. The maximum Gasteiger partial charge on any atom is 0.332 e. The molecule has 0 aromatic carbocycles. The number of imidazole rings is 1. The molecule has 19 heavy (non-hydrogen) atoms. The molecule has 0 aliphatic carbocycles. The number of nitrogens with zero attached hydrogens (tertiary/aromatic N) is 2. The van der Waals surface area contributed by atoms with Crippen LogP contribution in [0.3, 0.4) is 0 Å². The molecule has 1 aromatic rings. The van der Waals surface area contributed by atoms with E-state index in [-0.39, 0.29) is 5.91 Å². The fourth-order valence-electron chi connectivity index (χ4n) is 2.06. The van der Waals surface area contributed by atoms with Gasteiger partial charge in [0.05, 0.1) is 0 Å². The number of aryl methyl sites for hydroxylation is 1. The molecule has 0 bridgehead atoms. The van der Waals surface area contributed by atoms with Crippen molar-refractivity contribution in [2.45, 2.75) is 31.5 Å². The highest BCUT2D eigenvalue weighted by atomic mass is 16.5. The first-order valence-electron chi connectivity index (χ1n) is 6.20. The third kappa shape index (κ3) is 3.31. The molecule has 2 heterocycles. The summed E-state index contributed by atoms with van der Waals surface area (Å²) in [7, 11) is 1.89. The van der Waals surface area contributed by atoms with Crippen LogP contribution >= 0.6 is 0 Å². The molecule has 1 fully saturated rings. The van der Waals surface area contributed by atoms with Crippen molar-refractivity contribution in [1.29, 1.82) is 0 Å². The van der Waals surface area contributed by atoms with Gasteiger partial charge in [-0.25, -0.2) is 9.78 Å². The number of nitrogens with one attached hydrogen (secondary N) is 1. The first kappa shape index (κ1) is 13.5. The minimum absolute atomic E-state index is 0.252. The zero-order valence-electron chi connectivity index (χ0n) is 10.7. The van der Waals surface area contributed by atoms with Crippen molar-refractivity contribution in [3.63, 3.8) is 0 Å². The number of carbonyl (C=O) groups excluding carboxylic acids is 1. The van der Waals surface area contributed by atoms with Crippen molar-refractivity contribution >= 4 is 11.9 Å². The third-order valence-electron chi connectivity index (χ3n) is 3.16. The lowest BCUT2D eigenvalue weighted by Crippen LogP contribution is -2.36. The summed E-state index contributed by atoms with van der Waals surface area (Å²) in [5.41, 5.74) is 0. The van der Waals surface area contributed by atoms with E-state index in [1.54, 1.807) is 6.20 Å². The first-order valence-corrected chi connectivity index (χ1v) is 6.20. The van der Waals surface area contributed by atoms with Crippen LogP contribution in [-0.2, 0) is 27.8 Å². The molecule has 2 atom stereocenters. The Balaban J connectivity index is 1.73. The predicted molar refractivity (Wildman–Crippen MR) is 65.5 cm³/mol. The predicted octanol–water partition coefficient (Wildman–Crippen LogP) is -0.289. The van der Waals surface area contributed by atoms with Crippen LogP contribution < -0.4 is 5.32 Å². The molecule has 7 heteroatoms. The monoisotopic (exact) mass is 267 g/mol. The normalized spacial score (nSPS) is 22.4. The second-order valence-electron chi connectivity index (χ2n) is 4.52. The topological polar surface area (TPSA) is 93.5 Å². The second kappa shape index (κ2) is 5.83. The second-order valence-corrected chi connectivity index (χ2v) is 4.52. The van der Waals surface area contributed by atoms with Crippen molar-refractivity contribution in [3.05, 3.63) is 18.2 Å². The highest BCUT2D eigenvalue weighted by molar-refractivity contribution is 5.82. The molecule has 1 amide bonds. The van der Waals surface area contributed by atoms with Crippen LogP contribution in [0.4, 0.5) is 0 Å².